The van der Waals surface area contributed by atoms with Gasteiger partial charge in [-0.15, -0.1) is 0 Å². The summed E-state index contributed by atoms with van der Waals surface area (Å²) in [5, 5.41) is 9.23. The molecule has 0 spiro atoms. The Labute approximate surface area is 154 Å². The zero-order valence-electron chi connectivity index (χ0n) is 15.2. The largest absolute Gasteiger partial charge is 0.377 e. The van der Waals surface area contributed by atoms with Gasteiger partial charge < -0.3 is 9.64 Å². The average Bonchev–Trinajstić information content (AvgIpc) is 2.67. The molecule has 5 heteroatoms. The predicted molar refractivity (Wildman–Crippen MR) is 99.5 cm³/mol. The number of hydrogen-bond acceptors (Lipinski definition) is 4. The van der Waals surface area contributed by atoms with Crippen LogP contribution in [0, 0.1) is 17.2 Å². The van der Waals surface area contributed by atoms with Crippen LogP contribution in [0.15, 0.2) is 42.6 Å². The summed E-state index contributed by atoms with van der Waals surface area (Å²) < 4.78 is 5.57. The molecule has 0 radical (unpaired) electrons. The maximum Gasteiger partial charge on any atom is 0.254 e. The van der Waals surface area contributed by atoms with Gasteiger partial charge in [0.1, 0.15) is 6.07 Å². The molecular weight excluding hydrogens is 326 g/mol. The van der Waals surface area contributed by atoms with Gasteiger partial charge in [-0.3, -0.25) is 9.78 Å². The molecule has 0 N–H and O–H groups in total. The first kappa shape index (κ1) is 18.1. The molecule has 5 nitrogen and oxygen atoms in total. The number of hydrogen-bond donors (Lipinski definition) is 0. The zero-order valence-corrected chi connectivity index (χ0v) is 15.2. The number of amides is 1. The summed E-state index contributed by atoms with van der Waals surface area (Å²) in [6.07, 6.45) is 2.60. The topological polar surface area (TPSA) is 66.2 Å². The van der Waals surface area contributed by atoms with Gasteiger partial charge in [-0.05, 0) is 36.6 Å². The molecule has 0 aliphatic carbocycles. The average molecular weight is 349 g/mol. The third kappa shape index (κ3) is 3.92. The maximum atomic E-state index is 13.0. The summed E-state index contributed by atoms with van der Waals surface area (Å²) in [5.74, 6) is 0.542. The summed E-state index contributed by atoms with van der Waals surface area (Å²) in [7, 11) is 0. The molecule has 1 aromatic heterocycles. The fourth-order valence-electron chi connectivity index (χ4n) is 3.32. The number of morpholine rings is 1. The Balaban J connectivity index is 1.81. The minimum Gasteiger partial charge on any atom is -0.377 e. The number of pyridine rings is 1. The van der Waals surface area contributed by atoms with Gasteiger partial charge in [0.15, 0.2) is 0 Å². The summed E-state index contributed by atoms with van der Waals surface area (Å²) in [6.45, 7) is 6.12. The lowest BCUT2D eigenvalue weighted by Gasteiger charge is -2.36. The van der Waals surface area contributed by atoms with E-state index in [4.69, 9.17) is 4.74 Å². The van der Waals surface area contributed by atoms with E-state index in [2.05, 4.69) is 24.9 Å². The summed E-state index contributed by atoms with van der Waals surface area (Å²) in [5.41, 5.74) is 2.65. The highest BCUT2D eigenvalue weighted by Gasteiger charge is 2.28. The van der Waals surface area contributed by atoms with E-state index in [0.29, 0.717) is 42.5 Å². The van der Waals surface area contributed by atoms with Crippen molar-refractivity contribution in [1.29, 1.82) is 5.26 Å². The van der Waals surface area contributed by atoms with Crippen LogP contribution in [-0.2, 0) is 4.74 Å². The fourth-order valence-corrected chi connectivity index (χ4v) is 3.32. The molecule has 1 fully saturated rings. The highest BCUT2D eigenvalue weighted by molar-refractivity contribution is 5.95. The Hall–Kier alpha value is -2.71. The molecule has 26 heavy (non-hydrogen) atoms. The van der Waals surface area contributed by atoms with E-state index in [1.807, 2.05) is 29.2 Å². The number of nitriles is 1. The lowest BCUT2D eigenvalue weighted by Crippen LogP contribution is -2.49. The predicted octanol–water partition coefficient (Wildman–Crippen LogP) is 3.51. The van der Waals surface area contributed by atoms with Crippen LogP contribution in [0.4, 0.5) is 0 Å². The highest BCUT2D eigenvalue weighted by Crippen LogP contribution is 2.23. The van der Waals surface area contributed by atoms with Crippen molar-refractivity contribution in [3.63, 3.8) is 0 Å². The van der Waals surface area contributed by atoms with Crippen LogP contribution in [0.1, 0.15) is 36.2 Å². The molecule has 3 rings (SSSR count). The van der Waals surface area contributed by atoms with E-state index in [-0.39, 0.29) is 11.9 Å². The van der Waals surface area contributed by atoms with Gasteiger partial charge in [0.25, 0.3) is 5.91 Å². The summed E-state index contributed by atoms with van der Waals surface area (Å²) in [4.78, 5) is 19.2. The van der Waals surface area contributed by atoms with Crippen molar-refractivity contribution < 1.29 is 9.53 Å². The molecule has 1 aliphatic rings. The monoisotopic (exact) mass is 349 g/mol. The summed E-state index contributed by atoms with van der Waals surface area (Å²) in [6, 6.07) is 13.1. The molecule has 1 saturated heterocycles. The quantitative estimate of drug-likeness (QED) is 0.847. The van der Waals surface area contributed by atoms with Gasteiger partial charge in [-0.2, -0.15) is 5.26 Å². The van der Waals surface area contributed by atoms with E-state index in [9.17, 15) is 10.1 Å². The van der Waals surface area contributed by atoms with Crippen LogP contribution in [0.5, 0.6) is 0 Å². The van der Waals surface area contributed by atoms with Crippen molar-refractivity contribution >= 4 is 5.91 Å². The summed E-state index contributed by atoms with van der Waals surface area (Å²) >= 11 is 0. The van der Waals surface area contributed by atoms with E-state index < -0.39 is 0 Å². The van der Waals surface area contributed by atoms with Crippen molar-refractivity contribution in [3.05, 3.63) is 53.7 Å². The van der Waals surface area contributed by atoms with Gasteiger partial charge in [0.2, 0.25) is 0 Å². The van der Waals surface area contributed by atoms with Crippen LogP contribution in [0.2, 0.25) is 0 Å². The van der Waals surface area contributed by atoms with Gasteiger partial charge in [0.05, 0.1) is 30.5 Å². The Morgan fingerprint density at radius 1 is 1.35 bits per heavy atom. The maximum absolute atomic E-state index is 13.0. The second-order valence-corrected chi connectivity index (χ2v) is 6.95. The third-order valence-corrected chi connectivity index (χ3v) is 4.57. The molecule has 134 valence electrons. The van der Waals surface area contributed by atoms with E-state index in [1.54, 1.807) is 18.3 Å². The molecule has 2 heterocycles. The normalized spacial score (nSPS) is 17.2. The number of carbonyl (C=O) groups excluding carboxylic acids is 1. The van der Waals surface area contributed by atoms with Crippen LogP contribution in [-0.4, -0.2) is 41.6 Å². The van der Waals surface area contributed by atoms with Crippen molar-refractivity contribution in [3.8, 4) is 17.3 Å². The number of rotatable bonds is 4. The van der Waals surface area contributed by atoms with Gasteiger partial charge in [0, 0.05) is 23.9 Å². The molecule has 1 aromatic carbocycles. The molecule has 0 bridgehead atoms. The van der Waals surface area contributed by atoms with Crippen molar-refractivity contribution in [2.24, 2.45) is 5.92 Å². The van der Waals surface area contributed by atoms with Gasteiger partial charge >= 0.3 is 0 Å². The van der Waals surface area contributed by atoms with E-state index >= 15 is 0 Å². The van der Waals surface area contributed by atoms with Crippen molar-refractivity contribution in [2.75, 3.05) is 19.8 Å². The smallest absolute Gasteiger partial charge is 0.254 e. The fraction of sp³-hybridized carbons (Fsp3) is 0.381. The van der Waals surface area contributed by atoms with E-state index in [0.717, 1.165) is 12.0 Å². The van der Waals surface area contributed by atoms with Crippen molar-refractivity contribution in [1.82, 2.24) is 9.88 Å². The second-order valence-electron chi connectivity index (χ2n) is 6.95. The second kappa shape index (κ2) is 8.11. The van der Waals surface area contributed by atoms with Crippen molar-refractivity contribution in [2.45, 2.75) is 26.3 Å². The first-order valence-corrected chi connectivity index (χ1v) is 8.94. The Bertz CT molecular complexity index is 809. The minimum absolute atomic E-state index is 0.0343. The number of aromatic nitrogens is 1. The number of ether oxygens (including phenoxy) is 1. The molecular formula is C21H23N3O2. The first-order valence-electron chi connectivity index (χ1n) is 8.94. The van der Waals surface area contributed by atoms with Crippen LogP contribution >= 0.6 is 0 Å². The van der Waals surface area contributed by atoms with Crippen LogP contribution < -0.4 is 0 Å². The molecule has 2 aromatic rings. The SMILES string of the molecule is CC(C)CC1COCCN1C(=O)c1ccc(-c2ncccc2C#N)cc1. The standard InChI is InChI=1S/C21H23N3O2/c1-15(2)12-19-14-26-11-10-24(19)21(25)17-7-5-16(6-8-17)20-18(13-22)4-3-9-23-20/h3-9,15,19H,10-12,14H2,1-2H3. The third-order valence-electron chi connectivity index (χ3n) is 4.57. The minimum atomic E-state index is 0.0343. The Morgan fingerprint density at radius 2 is 2.12 bits per heavy atom. The first-order chi connectivity index (χ1) is 12.6. The molecule has 1 unspecified atom stereocenters. The lowest BCUT2D eigenvalue weighted by molar-refractivity contribution is -0.00746. The Morgan fingerprint density at radius 3 is 2.81 bits per heavy atom. The zero-order chi connectivity index (χ0) is 18.5. The number of carbonyl (C=O) groups is 1. The molecule has 1 amide bonds. The molecule has 1 aliphatic heterocycles. The van der Waals surface area contributed by atoms with E-state index in [1.165, 1.54) is 0 Å². The number of benzene rings is 1. The van der Waals surface area contributed by atoms with Gasteiger partial charge in [-0.25, -0.2) is 0 Å². The highest BCUT2D eigenvalue weighted by atomic mass is 16.5. The Kier molecular flexibility index (Phi) is 5.65. The molecule has 1 atom stereocenters. The van der Waals surface area contributed by atoms with Gasteiger partial charge in [-0.1, -0.05) is 26.0 Å². The molecule has 0 saturated carbocycles. The van der Waals surface area contributed by atoms with Crippen LogP contribution in [0.25, 0.3) is 11.3 Å². The number of nitrogens with zero attached hydrogens (tertiary/aromatic N) is 3. The van der Waals surface area contributed by atoms with Crippen LogP contribution in [0.3, 0.4) is 0 Å². The lowest BCUT2D eigenvalue weighted by atomic mass is 10.0.